The number of sulfonamides is 1. The number of guanidine groups is 1. The third-order valence-corrected chi connectivity index (χ3v) is 7.52. The van der Waals surface area contributed by atoms with Gasteiger partial charge in [0.25, 0.3) is 0 Å². The Morgan fingerprint density at radius 1 is 1.19 bits per heavy atom. The van der Waals surface area contributed by atoms with Crippen molar-refractivity contribution in [3.05, 3.63) is 0 Å². The molecule has 2 fully saturated rings. The van der Waals surface area contributed by atoms with Crippen LogP contribution in [0.1, 0.15) is 26.7 Å². The van der Waals surface area contributed by atoms with Crippen LogP contribution < -0.4 is 5.32 Å². The molecule has 0 atom stereocenters. The predicted molar refractivity (Wildman–Crippen MR) is 110 cm³/mol. The van der Waals surface area contributed by atoms with Crippen LogP contribution in [-0.2, 0) is 19.6 Å². The minimum absolute atomic E-state index is 0.0336. The molecular weight excluding hydrogens is 388 g/mol. The highest BCUT2D eigenvalue weighted by atomic mass is 32.2. The number of likely N-dealkylation sites (tertiary alicyclic amines) is 1. The lowest BCUT2D eigenvalue weighted by atomic mass is 9.97. The van der Waals surface area contributed by atoms with Crippen LogP contribution in [0.15, 0.2) is 4.99 Å². The molecule has 156 valence electrons. The maximum absolute atomic E-state index is 12.4. The highest BCUT2D eigenvalue weighted by Gasteiger charge is 2.28. The SMILES string of the molecule is CCNC(=NCCS(=O)(=O)N1CCSCC1)N1CCC(C(=O)OCC)CC1. The maximum atomic E-state index is 12.4. The Hall–Kier alpha value is -1.00. The van der Waals surface area contributed by atoms with E-state index in [1.54, 1.807) is 16.1 Å². The van der Waals surface area contributed by atoms with Gasteiger partial charge in [-0.15, -0.1) is 0 Å². The first-order chi connectivity index (χ1) is 13.0. The standard InChI is InChI=1S/C17H32N4O4S2/c1-3-18-17(20-8-5-15(6-9-20)16(22)25-4-2)19-7-14-27(23,24)21-10-12-26-13-11-21/h15H,3-14H2,1-2H3,(H,18,19). The molecule has 2 rings (SSSR count). The van der Waals surface area contributed by atoms with Crippen molar-refractivity contribution in [1.29, 1.82) is 0 Å². The fourth-order valence-electron chi connectivity index (χ4n) is 3.23. The van der Waals surface area contributed by atoms with Crippen LogP contribution in [0.3, 0.4) is 0 Å². The van der Waals surface area contributed by atoms with E-state index in [1.165, 1.54) is 0 Å². The number of rotatable bonds is 7. The van der Waals surface area contributed by atoms with Gasteiger partial charge in [0.1, 0.15) is 0 Å². The van der Waals surface area contributed by atoms with Gasteiger partial charge in [-0.2, -0.15) is 11.8 Å². The Kier molecular flexibility index (Phi) is 9.17. The summed E-state index contributed by atoms with van der Waals surface area (Å²) in [6, 6.07) is 0. The van der Waals surface area contributed by atoms with E-state index in [1.807, 2.05) is 13.8 Å². The highest BCUT2D eigenvalue weighted by Crippen LogP contribution is 2.19. The summed E-state index contributed by atoms with van der Waals surface area (Å²) in [7, 11) is -3.25. The zero-order valence-corrected chi connectivity index (χ0v) is 18.0. The lowest BCUT2D eigenvalue weighted by molar-refractivity contribution is -0.149. The molecule has 2 heterocycles. The monoisotopic (exact) mass is 420 g/mol. The summed E-state index contributed by atoms with van der Waals surface area (Å²) in [5, 5.41) is 3.24. The number of aliphatic imine (C=N–C) groups is 1. The number of carbonyl (C=O) groups excluding carboxylic acids is 1. The second-order valence-electron chi connectivity index (χ2n) is 6.58. The van der Waals surface area contributed by atoms with E-state index < -0.39 is 10.0 Å². The van der Waals surface area contributed by atoms with Crippen molar-refractivity contribution in [3.63, 3.8) is 0 Å². The first-order valence-corrected chi connectivity index (χ1v) is 12.5. The van der Waals surface area contributed by atoms with E-state index in [4.69, 9.17) is 4.74 Å². The minimum Gasteiger partial charge on any atom is -0.466 e. The number of nitrogens with zero attached hydrogens (tertiary/aromatic N) is 3. The van der Waals surface area contributed by atoms with Crippen molar-refractivity contribution in [1.82, 2.24) is 14.5 Å². The van der Waals surface area contributed by atoms with E-state index in [2.05, 4.69) is 15.2 Å². The lowest BCUT2D eigenvalue weighted by Crippen LogP contribution is -2.47. The van der Waals surface area contributed by atoms with Gasteiger partial charge in [0.2, 0.25) is 10.0 Å². The van der Waals surface area contributed by atoms with Gasteiger partial charge >= 0.3 is 5.97 Å². The average Bonchev–Trinajstić information content (AvgIpc) is 2.68. The molecule has 27 heavy (non-hydrogen) atoms. The van der Waals surface area contributed by atoms with E-state index in [0.717, 1.165) is 30.3 Å². The minimum atomic E-state index is -3.25. The summed E-state index contributed by atoms with van der Waals surface area (Å²) >= 11 is 1.79. The van der Waals surface area contributed by atoms with Crippen LogP contribution in [0.2, 0.25) is 0 Å². The van der Waals surface area contributed by atoms with Crippen molar-refractivity contribution in [2.75, 3.05) is 63.1 Å². The Balaban J connectivity index is 1.88. The van der Waals surface area contributed by atoms with Gasteiger partial charge < -0.3 is 15.0 Å². The molecule has 0 spiro atoms. The second kappa shape index (κ2) is 11.1. The molecule has 0 aromatic heterocycles. The molecule has 0 radical (unpaired) electrons. The van der Waals surface area contributed by atoms with Crippen LogP contribution in [0.25, 0.3) is 0 Å². The first kappa shape index (κ1) is 22.3. The second-order valence-corrected chi connectivity index (χ2v) is 9.89. The zero-order valence-electron chi connectivity index (χ0n) is 16.4. The molecule has 10 heteroatoms. The Morgan fingerprint density at radius 2 is 1.85 bits per heavy atom. The molecule has 1 N–H and O–H groups in total. The van der Waals surface area contributed by atoms with Crippen LogP contribution in [0.5, 0.6) is 0 Å². The lowest BCUT2D eigenvalue weighted by Gasteiger charge is -2.33. The number of hydrogen-bond donors (Lipinski definition) is 1. The predicted octanol–water partition coefficient (Wildman–Crippen LogP) is 0.606. The van der Waals surface area contributed by atoms with Gasteiger partial charge in [-0.1, -0.05) is 0 Å². The van der Waals surface area contributed by atoms with E-state index >= 15 is 0 Å². The third kappa shape index (κ3) is 6.83. The van der Waals surface area contributed by atoms with Crippen LogP contribution in [-0.4, -0.2) is 92.7 Å². The van der Waals surface area contributed by atoms with Gasteiger partial charge in [0.05, 0.1) is 24.8 Å². The van der Waals surface area contributed by atoms with Gasteiger partial charge in [-0.25, -0.2) is 12.7 Å². The Morgan fingerprint density at radius 3 is 2.44 bits per heavy atom. The summed E-state index contributed by atoms with van der Waals surface area (Å²) < 4.78 is 31.6. The van der Waals surface area contributed by atoms with E-state index in [0.29, 0.717) is 39.3 Å². The van der Waals surface area contributed by atoms with Gasteiger partial charge in [-0.3, -0.25) is 9.79 Å². The Bertz CT molecular complexity index is 598. The molecule has 2 aliphatic rings. The molecule has 0 aromatic carbocycles. The number of thioether (sulfide) groups is 1. The maximum Gasteiger partial charge on any atom is 0.309 e. The van der Waals surface area contributed by atoms with Crippen molar-refractivity contribution in [2.45, 2.75) is 26.7 Å². The molecular formula is C17H32N4O4S2. The topological polar surface area (TPSA) is 91.3 Å². The zero-order chi connectivity index (χ0) is 19.7. The molecule has 0 aliphatic carbocycles. The average molecular weight is 421 g/mol. The molecule has 0 aromatic rings. The quantitative estimate of drug-likeness (QED) is 0.366. The largest absolute Gasteiger partial charge is 0.466 e. The molecule has 0 bridgehead atoms. The molecule has 2 aliphatic heterocycles. The van der Waals surface area contributed by atoms with Gasteiger partial charge in [0, 0.05) is 44.2 Å². The van der Waals surface area contributed by atoms with E-state index in [9.17, 15) is 13.2 Å². The van der Waals surface area contributed by atoms with E-state index in [-0.39, 0.29) is 24.2 Å². The van der Waals surface area contributed by atoms with Gasteiger partial charge in [-0.05, 0) is 26.7 Å². The summed E-state index contributed by atoms with van der Waals surface area (Å²) in [5.41, 5.74) is 0. The number of carbonyl (C=O) groups is 1. The summed E-state index contributed by atoms with van der Waals surface area (Å²) in [4.78, 5) is 18.5. The summed E-state index contributed by atoms with van der Waals surface area (Å²) in [6.45, 7) is 7.79. The van der Waals surface area contributed by atoms with Crippen molar-refractivity contribution in [2.24, 2.45) is 10.9 Å². The first-order valence-electron chi connectivity index (χ1n) is 9.73. The fourth-order valence-corrected chi connectivity index (χ4v) is 5.69. The number of esters is 1. The van der Waals surface area contributed by atoms with Crippen molar-refractivity contribution >= 4 is 33.7 Å². The number of piperidine rings is 1. The van der Waals surface area contributed by atoms with Crippen LogP contribution in [0, 0.1) is 5.92 Å². The number of nitrogens with one attached hydrogen (secondary N) is 1. The van der Waals surface area contributed by atoms with Crippen molar-refractivity contribution in [3.8, 4) is 0 Å². The highest BCUT2D eigenvalue weighted by molar-refractivity contribution is 7.99. The fraction of sp³-hybridized carbons (Fsp3) is 0.882. The molecule has 2 saturated heterocycles. The molecule has 0 saturated carbocycles. The normalized spacial score (nSPS) is 20.5. The summed E-state index contributed by atoms with van der Waals surface area (Å²) in [6.07, 6.45) is 1.46. The van der Waals surface area contributed by atoms with Crippen LogP contribution in [0.4, 0.5) is 0 Å². The number of ether oxygens (including phenoxy) is 1. The molecule has 0 amide bonds. The Labute approximate surface area is 167 Å². The van der Waals surface area contributed by atoms with Crippen LogP contribution >= 0.6 is 11.8 Å². The molecule has 8 nitrogen and oxygen atoms in total. The third-order valence-electron chi connectivity index (χ3n) is 4.72. The number of hydrogen-bond acceptors (Lipinski definition) is 6. The summed E-state index contributed by atoms with van der Waals surface area (Å²) in [5.74, 6) is 2.31. The molecule has 0 unspecified atom stereocenters. The smallest absolute Gasteiger partial charge is 0.309 e. The van der Waals surface area contributed by atoms with Gasteiger partial charge in [0.15, 0.2) is 5.96 Å². The van der Waals surface area contributed by atoms with Crippen molar-refractivity contribution < 1.29 is 17.9 Å².